The van der Waals surface area contributed by atoms with E-state index in [1.54, 1.807) is 16.8 Å². The van der Waals surface area contributed by atoms with Gasteiger partial charge in [-0.2, -0.15) is 0 Å². The second kappa shape index (κ2) is 9.98. The molecule has 0 aromatic rings. The average molecular weight is 400 g/mol. The first-order chi connectivity index (χ1) is 12.8. The van der Waals surface area contributed by atoms with Crippen molar-refractivity contribution in [1.29, 1.82) is 0 Å². The molecule has 0 bridgehead atoms. The third kappa shape index (κ3) is 8.80. The number of carbonyl (C=O) groups excluding carboxylic acids is 3. The maximum atomic E-state index is 12.7. The number of carbonyl (C=O) groups is 3. The van der Waals surface area contributed by atoms with E-state index in [4.69, 9.17) is 9.47 Å². The minimum atomic E-state index is -0.590. The van der Waals surface area contributed by atoms with Crippen LogP contribution in [-0.4, -0.2) is 71.8 Å². The fourth-order valence-electron chi connectivity index (χ4n) is 2.97. The topological polar surface area (TPSA) is 88.2 Å². The molecule has 28 heavy (non-hydrogen) atoms. The largest absolute Gasteiger partial charge is 0.444 e. The molecule has 1 rings (SSSR count). The van der Waals surface area contributed by atoms with Gasteiger partial charge in [-0.1, -0.05) is 0 Å². The summed E-state index contributed by atoms with van der Waals surface area (Å²) in [6.07, 6.45) is 1.52. The Bertz CT molecular complexity index is 543. The number of hydrogen-bond acceptors (Lipinski definition) is 5. The van der Waals surface area contributed by atoms with E-state index < -0.39 is 11.2 Å². The van der Waals surface area contributed by atoms with Crippen molar-refractivity contribution in [2.75, 3.05) is 26.7 Å². The number of rotatable bonds is 5. The van der Waals surface area contributed by atoms with Gasteiger partial charge in [-0.25, -0.2) is 9.59 Å². The maximum Gasteiger partial charge on any atom is 0.410 e. The lowest BCUT2D eigenvalue weighted by Crippen LogP contribution is -2.51. The number of piperidine rings is 1. The van der Waals surface area contributed by atoms with Crippen LogP contribution in [0.4, 0.5) is 9.59 Å². The van der Waals surface area contributed by atoms with Gasteiger partial charge in [-0.15, -0.1) is 0 Å². The molecule has 3 amide bonds. The smallest absolute Gasteiger partial charge is 0.410 e. The molecule has 162 valence electrons. The summed E-state index contributed by atoms with van der Waals surface area (Å²) >= 11 is 0. The van der Waals surface area contributed by atoms with Gasteiger partial charge in [0.15, 0.2) is 0 Å². The lowest BCUT2D eigenvalue weighted by atomic mass is 10.0. The predicted octanol–water partition coefficient (Wildman–Crippen LogP) is 3.15. The van der Waals surface area contributed by atoms with Crippen LogP contribution in [0, 0.1) is 0 Å². The van der Waals surface area contributed by atoms with Gasteiger partial charge in [0.2, 0.25) is 5.91 Å². The van der Waals surface area contributed by atoms with Crippen molar-refractivity contribution in [3.8, 4) is 0 Å². The molecule has 0 radical (unpaired) electrons. The van der Waals surface area contributed by atoms with Gasteiger partial charge >= 0.3 is 12.2 Å². The zero-order valence-corrected chi connectivity index (χ0v) is 18.5. The molecule has 1 fully saturated rings. The van der Waals surface area contributed by atoms with Crippen LogP contribution in [0.15, 0.2) is 0 Å². The van der Waals surface area contributed by atoms with Crippen molar-refractivity contribution in [1.82, 2.24) is 15.1 Å². The Balaban J connectivity index is 2.70. The molecule has 0 saturated carbocycles. The Morgan fingerprint density at radius 3 is 2.00 bits per heavy atom. The van der Waals surface area contributed by atoms with E-state index in [1.165, 1.54) is 0 Å². The minimum absolute atomic E-state index is 0.0294. The third-order valence-corrected chi connectivity index (χ3v) is 4.27. The number of nitrogens with one attached hydrogen (secondary N) is 1. The van der Waals surface area contributed by atoms with Crippen LogP contribution in [0.3, 0.4) is 0 Å². The third-order valence-electron chi connectivity index (χ3n) is 4.27. The van der Waals surface area contributed by atoms with E-state index in [0.29, 0.717) is 45.3 Å². The van der Waals surface area contributed by atoms with Gasteiger partial charge in [0.25, 0.3) is 0 Å². The summed E-state index contributed by atoms with van der Waals surface area (Å²) in [5, 5.41) is 2.59. The molecule has 0 spiro atoms. The van der Waals surface area contributed by atoms with Crippen molar-refractivity contribution in [3.05, 3.63) is 0 Å². The van der Waals surface area contributed by atoms with Crippen LogP contribution >= 0.6 is 0 Å². The summed E-state index contributed by atoms with van der Waals surface area (Å²) in [5.74, 6) is -0.0520. The van der Waals surface area contributed by atoms with Gasteiger partial charge in [0, 0.05) is 39.1 Å². The Kier molecular flexibility index (Phi) is 8.57. The summed E-state index contributed by atoms with van der Waals surface area (Å²) < 4.78 is 11.0. The van der Waals surface area contributed by atoms with Crippen molar-refractivity contribution in [2.24, 2.45) is 0 Å². The SMILES string of the molecule is CNC(=O)CCCN(C(=O)OC(C)(C)C)C1CCN(C(=O)OC(C)(C)C)CC1. The van der Waals surface area contributed by atoms with Gasteiger partial charge in [0.05, 0.1) is 0 Å². The lowest BCUT2D eigenvalue weighted by molar-refractivity contribution is -0.120. The Hall–Kier alpha value is -1.99. The monoisotopic (exact) mass is 399 g/mol. The van der Waals surface area contributed by atoms with Crippen LogP contribution in [0.1, 0.15) is 67.2 Å². The van der Waals surface area contributed by atoms with Gasteiger partial charge in [0.1, 0.15) is 11.2 Å². The fourth-order valence-corrected chi connectivity index (χ4v) is 2.97. The second-order valence-electron chi connectivity index (χ2n) is 9.15. The van der Waals surface area contributed by atoms with Gasteiger partial charge in [-0.05, 0) is 60.8 Å². The molecular weight excluding hydrogens is 362 g/mol. The molecule has 8 heteroatoms. The molecule has 1 heterocycles. The van der Waals surface area contributed by atoms with E-state index in [2.05, 4.69) is 5.32 Å². The standard InChI is InChI=1S/C20H37N3O5/c1-19(2,3)27-17(25)22-13-10-15(11-14-22)23(12-8-9-16(24)21-7)18(26)28-20(4,5)6/h15H,8-14H2,1-7H3,(H,21,24). The van der Waals surface area contributed by atoms with E-state index >= 15 is 0 Å². The van der Waals surface area contributed by atoms with Crippen LogP contribution in [0.25, 0.3) is 0 Å². The van der Waals surface area contributed by atoms with Gasteiger partial charge < -0.3 is 24.6 Å². The molecule has 0 aliphatic carbocycles. The van der Waals surface area contributed by atoms with Crippen molar-refractivity contribution in [3.63, 3.8) is 0 Å². The van der Waals surface area contributed by atoms with E-state index in [-0.39, 0.29) is 24.1 Å². The molecule has 0 aromatic heterocycles. The number of nitrogens with zero attached hydrogens (tertiary/aromatic N) is 2. The molecule has 0 atom stereocenters. The van der Waals surface area contributed by atoms with Crippen LogP contribution in [0.5, 0.6) is 0 Å². The Morgan fingerprint density at radius 2 is 1.54 bits per heavy atom. The van der Waals surface area contributed by atoms with Crippen LogP contribution in [-0.2, 0) is 14.3 Å². The highest BCUT2D eigenvalue weighted by atomic mass is 16.6. The first-order valence-electron chi connectivity index (χ1n) is 10.0. The predicted molar refractivity (Wildman–Crippen MR) is 107 cm³/mol. The minimum Gasteiger partial charge on any atom is -0.444 e. The van der Waals surface area contributed by atoms with Crippen molar-refractivity contribution in [2.45, 2.75) is 84.5 Å². The number of amides is 3. The Morgan fingerprint density at radius 1 is 1.00 bits per heavy atom. The molecule has 1 saturated heterocycles. The number of ether oxygens (including phenoxy) is 2. The van der Waals surface area contributed by atoms with Crippen LogP contribution in [0.2, 0.25) is 0 Å². The molecule has 8 nitrogen and oxygen atoms in total. The molecule has 1 aliphatic heterocycles. The van der Waals surface area contributed by atoms with E-state index in [1.807, 2.05) is 41.5 Å². The summed E-state index contributed by atoms with van der Waals surface area (Å²) in [5.41, 5.74) is -1.12. The molecular formula is C20H37N3O5. The fraction of sp³-hybridized carbons (Fsp3) is 0.850. The van der Waals surface area contributed by atoms with Crippen molar-refractivity contribution < 1.29 is 23.9 Å². The molecule has 1 aliphatic rings. The normalized spacial score (nSPS) is 15.8. The molecule has 1 N–H and O–H groups in total. The lowest BCUT2D eigenvalue weighted by Gasteiger charge is -2.39. The van der Waals surface area contributed by atoms with Crippen molar-refractivity contribution >= 4 is 18.1 Å². The highest BCUT2D eigenvalue weighted by Crippen LogP contribution is 2.22. The maximum absolute atomic E-state index is 12.7. The first-order valence-corrected chi connectivity index (χ1v) is 10.0. The van der Waals surface area contributed by atoms with Crippen LogP contribution < -0.4 is 5.32 Å². The molecule has 0 aromatic carbocycles. The molecule has 0 unspecified atom stereocenters. The van der Waals surface area contributed by atoms with E-state index in [0.717, 1.165) is 0 Å². The van der Waals surface area contributed by atoms with E-state index in [9.17, 15) is 14.4 Å². The Labute approximate surface area is 168 Å². The first kappa shape index (κ1) is 24.0. The highest BCUT2D eigenvalue weighted by molar-refractivity contribution is 5.75. The zero-order chi connectivity index (χ0) is 21.5. The average Bonchev–Trinajstić information content (AvgIpc) is 2.55. The highest BCUT2D eigenvalue weighted by Gasteiger charge is 2.33. The quantitative estimate of drug-likeness (QED) is 0.767. The number of likely N-dealkylation sites (tertiary alicyclic amines) is 1. The summed E-state index contributed by atoms with van der Waals surface area (Å²) in [7, 11) is 1.60. The zero-order valence-electron chi connectivity index (χ0n) is 18.5. The summed E-state index contributed by atoms with van der Waals surface area (Å²) in [4.78, 5) is 39.8. The number of hydrogen-bond donors (Lipinski definition) is 1. The summed E-state index contributed by atoms with van der Waals surface area (Å²) in [6.45, 7) is 12.5. The second-order valence-corrected chi connectivity index (χ2v) is 9.15. The van der Waals surface area contributed by atoms with Gasteiger partial charge in [-0.3, -0.25) is 4.79 Å². The summed E-state index contributed by atoms with van der Waals surface area (Å²) in [6, 6.07) is -0.0294.